The number of nitrogens with one attached hydrogen (secondary N) is 2. The van der Waals surface area contributed by atoms with E-state index in [4.69, 9.17) is 4.74 Å². The third-order valence-electron chi connectivity index (χ3n) is 6.17. The van der Waals surface area contributed by atoms with Crippen molar-refractivity contribution in [2.24, 2.45) is 0 Å². The van der Waals surface area contributed by atoms with Crippen LogP contribution in [-0.4, -0.2) is 49.2 Å². The van der Waals surface area contributed by atoms with Gasteiger partial charge in [-0.1, -0.05) is 18.2 Å². The molecule has 8 heteroatoms. The van der Waals surface area contributed by atoms with Crippen LogP contribution in [0.5, 0.6) is 0 Å². The first kappa shape index (κ1) is 24.2. The first-order chi connectivity index (χ1) is 16.8. The van der Waals surface area contributed by atoms with E-state index in [1.807, 2.05) is 63.2 Å². The number of aryl methyl sites for hydroxylation is 1. The zero-order valence-corrected chi connectivity index (χ0v) is 20.6. The van der Waals surface area contributed by atoms with Crippen LogP contribution in [0.3, 0.4) is 0 Å². The molecular formula is C27H30N6O2. The number of nitriles is 1. The third kappa shape index (κ3) is 5.42. The molecule has 2 heterocycles. The summed E-state index contributed by atoms with van der Waals surface area (Å²) in [5, 5.41) is 15.5. The molecule has 0 atom stereocenters. The fourth-order valence-corrected chi connectivity index (χ4v) is 3.93. The molecular weight excluding hydrogens is 440 g/mol. The van der Waals surface area contributed by atoms with Crippen molar-refractivity contribution in [2.75, 3.05) is 48.9 Å². The number of aromatic nitrogens is 2. The van der Waals surface area contributed by atoms with Crippen molar-refractivity contribution in [2.45, 2.75) is 26.2 Å². The molecule has 0 radical (unpaired) electrons. The zero-order chi connectivity index (χ0) is 25.0. The van der Waals surface area contributed by atoms with E-state index in [-0.39, 0.29) is 5.91 Å². The number of carbonyl (C=O) groups excluding carboxylic acids is 1. The lowest BCUT2D eigenvalue weighted by Gasteiger charge is -2.28. The summed E-state index contributed by atoms with van der Waals surface area (Å²) in [6.07, 6.45) is 0. The average molecular weight is 471 g/mol. The number of ether oxygens (including phenoxy) is 1. The van der Waals surface area contributed by atoms with Gasteiger partial charge >= 0.3 is 0 Å². The Morgan fingerprint density at radius 1 is 1.11 bits per heavy atom. The van der Waals surface area contributed by atoms with Crippen LogP contribution in [0.25, 0.3) is 11.3 Å². The Labute approximate surface area is 206 Å². The van der Waals surface area contributed by atoms with E-state index in [0.29, 0.717) is 30.4 Å². The monoisotopic (exact) mass is 470 g/mol. The fourth-order valence-electron chi connectivity index (χ4n) is 3.93. The number of nitrogens with zero attached hydrogens (tertiary/aromatic N) is 4. The van der Waals surface area contributed by atoms with Gasteiger partial charge in [0.25, 0.3) is 5.91 Å². The Morgan fingerprint density at radius 3 is 2.60 bits per heavy atom. The van der Waals surface area contributed by atoms with Gasteiger partial charge in [-0.2, -0.15) is 10.2 Å². The van der Waals surface area contributed by atoms with Crippen molar-refractivity contribution < 1.29 is 9.53 Å². The van der Waals surface area contributed by atoms with Gasteiger partial charge in [0, 0.05) is 43.0 Å². The predicted octanol–water partition coefficient (Wildman–Crippen LogP) is 4.38. The Hall–Kier alpha value is -3.96. The molecule has 0 saturated carbocycles. The van der Waals surface area contributed by atoms with Gasteiger partial charge in [-0.15, -0.1) is 0 Å². The third-order valence-corrected chi connectivity index (χ3v) is 6.17. The van der Waals surface area contributed by atoms with Gasteiger partial charge in [-0.25, -0.2) is 4.98 Å². The van der Waals surface area contributed by atoms with Crippen LogP contribution >= 0.6 is 0 Å². The zero-order valence-electron chi connectivity index (χ0n) is 20.6. The molecule has 1 aliphatic heterocycles. The van der Waals surface area contributed by atoms with E-state index in [1.165, 1.54) is 0 Å². The Morgan fingerprint density at radius 2 is 1.89 bits per heavy atom. The molecule has 1 fully saturated rings. The molecule has 1 aromatic heterocycles. The Bertz CT molecular complexity index is 1270. The highest BCUT2D eigenvalue weighted by atomic mass is 16.5. The van der Waals surface area contributed by atoms with Crippen molar-refractivity contribution in [3.05, 3.63) is 65.2 Å². The van der Waals surface area contributed by atoms with Crippen LogP contribution < -0.4 is 15.5 Å². The van der Waals surface area contributed by atoms with E-state index in [0.717, 1.165) is 41.3 Å². The highest BCUT2D eigenvalue weighted by Crippen LogP contribution is 2.29. The van der Waals surface area contributed by atoms with E-state index in [1.54, 1.807) is 13.1 Å². The molecule has 0 unspecified atom stereocenters. The van der Waals surface area contributed by atoms with Crippen molar-refractivity contribution >= 4 is 23.4 Å². The maximum atomic E-state index is 13.1. The van der Waals surface area contributed by atoms with Crippen molar-refractivity contribution in [3.8, 4) is 17.3 Å². The quantitative estimate of drug-likeness (QED) is 0.551. The first-order valence-electron chi connectivity index (χ1n) is 11.6. The minimum Gasteiger partial charge on any atom is -0.378 e. The summed E-state index contributed by atoms with van der Waals surface area (Å²) in [6.45, 7) is 8.57. The van der Waals surface area contributed by atoms with Gasteiger partial charge in [0.1, 0.15) is 5.82 Å². The molecule has 2 N–H and O–H groups in total. The van der Waals surface area contributed by atoms with Crippen molar-refractivity contribution in [1.82, 2.24) is 9.97 Å². The van der Waals surface area contributed by atoms with Crippen molar-refractivity contribution in [1.29, 1.82) is 5.26 Å². The van der Waals surface area contributed by atoms with Gasteiger partial charge in [0.15, 0.2) is 0 Å². The maximum Gasteiger partial charge on any atom is 0.255 e. The van der Waals surface area contributed by atoms with Gasteiger partial charge in [0.05, 0.1) is 30.4 Å². The summed E-state index contributed by atoms with van der Waals surface area (Å²) in [5.41, 5.74) is 3.99. The lowest BCUT2D eigenvalue weighted by atomic mass is 9.86. The van der Waals surface area contributed by atoms with Crippen LogP contribution in [0, 0.1) is 18.3 Å². The highest BCUT2D eigenvalue weighted by molar-refractivity contribution is 6.05. The molecule has 0 spiro atoms. The van der Waals surface area contributed by atoms with Gasteiger partial charge in [-0.05, 0) is 56.2 Å². The summed E-state index contributed by atoms with van der Waals surface area (Å²) in [7, 11) is 1.79. The second kappa shape index (κ2) is 10.1. The predicted molar refractivity (Wildman–Crippen MR) is 138 cm³/mol. The van der Waals surface area contributed by atoms with E-state index in [2.05, 4.69) is 31.6 Å². The number of hydrogen-bond acceptors (Lipinski definition) is 7. The molecule has 1 aliphatic rings. The number of rotatable bonds is 6. The van der Waals surface area contributed by atoms with Crippen LogP contribution in [0.4, 0.5) is 17.5 Å². The molecule has 2 aromatic carbocycles. The number of hydrogen-bond donors (Lipinski definition) is 2. The number of morpholine rings is 1. The van der Waals surface area contributed by atoms with Crippen LogP contribution in [0.15, 0.2) is 48.5 Å². The highest BCUT2D eigenvalue weighted by Gasteiger charge is 2.21. The smallest absolute Gasteiger partial charge is 0.255 e. The molecule has 180 valence electrons. The Balaban J connectivity index is 1.64. The average Bonchev–Trinajstić information content (AvgIpc) is 2.89. The maximum absolute atomic E-state index is 13.1. The molecule has 1 amide bonds. The van der Waals surface area contributed by atoms with Gasteiger partial charge < -0.3 is 20.3 Å². The number of benzene rings is 2. The molecule has 35 heavy (non-hydrogen) atoms. The topological polar surface area (TPSA) is 103 Å². The largest absolute Gasteiger partial charge is 0.378 e. The molecule has 8 nitrogen and oxygen atoms in total. The van der Waals surface area contributed by atoms with E-state index < -0.39 is 5.41 Å². The molecule has 1 saturated heterocycles. The normalized spacial score (nSPS) is 13.7. The SMILES string of the molecule is CNc1nc(-c2cc(C(=O)Nc3cccc(C(C)(C)C#N)c3)ccc2C)cc(N2CCOCC2)n1. The number of amides is 1. The lowest BCUT2D eigenvalue weighted by Crippen LogP contribution is -2.36. The minimum atomic E-state index is -0.645. The van der Waals surface area contributed by atoms with Crippen molar-refractivity contribution in [3.63, 3.8) is 0 Å². The summed E-state index contributed by atoms with van der Waals surface area (Å²) in [6, 6.07) is 17.3. The summed E-state index contributed by atoms with van der Waals surface area (Å²) in [4.78, 5) is 24.6. The van der Waals surface area contributed by atoms with Gasteiger partial charge in [-0.3, -0.25) is 4.79 Å². The second-order valence-electron chi connectivity index (χ2n) is 9.09. The summed E-state index contributed by atoms with van der Waals surface area (Å²) in [5.74, 6) is 1.12. The van der Waals surface area contributed by atoms with E-state index >= 15 is 0 Å². The first-order valence-corrected chi connectivity index (χ1v) is 11.6. The minimum absolute atomic E-state index is 0.227. The summed E-state index contributed by atoms with van der Waals surface area (Å²) < 4.78 is 5.47. The van der Waals surface area contributed by atoms with Crippen LogP contribution in [0.1, 0.15) is 35.3 Å². The molecule has 3 aromatic rings. The fraction of sp³-hybridized carbons (Fsp3) is 0.333. The number of anilines is 3. The second-order valence-corrected chi connectivity index (χ2v) is 9.09. The molecule has 4 rings (SSSR count). The van der Waals surface area contributed by atoms with Gasteiger partial charge in [0.2, 0.25) is 5.95 Å². The summed E-state index contributed by atoms with van der Waals surface area (Å²) >= 11 is 0. The van der Waals surface area contributed by atoms with Crippen LogP contribution in [-0.2, 0) is 10.2 Å². The Kier molecular flexibility index (Phi) is 6.99. The standard InChI is InChI=1S/C27H30N6O2/c1-18-8-9-19(25(34)30-21-7-5-6-20(15-21)27(2,3)17-28)14-22(18)23-16-24(32-26(29-4)31-23)33-10-12-35-13-11-33/h5-9,14-16H,10-13H2,1-4H3,(H,30,34)(H,29,31,32). The molecule has 0 aliphatic carbocycles. The molecule has 0 bridgehead atoms. The van der Waals surface area contributed by atoms with E-state index in [9.17, 15) is 10.1 Å². The lowest BCUT2D eigenvalue weighted by molar-refractivity contribution is 0.102. The number of carbonyl (C=O) groups is 1. The van der Waals surface area contributed by atoms with Crippen LogP contribution in [0.2, 0.25) is 0 Å².